The lowest BCUT2D eigenvalue weighted by Gasteiger charge is -2.16. The summed E-state index contributed by atoms with van der Waals surface area (Å²) in [5.74, 6) is 3.92. The van der Waals surface area contributed by atoms with Crippen molar-refractivity contribution < 1.29 is 28.4 Å². The third-order valence-electron chi connectivity index (χ3n) is 5.93. The Morgan fingerprint density at radius 2 is 0.765 bits per heavy atom. The van der Waals surface area contributed by atoms with Crippen LogP contribution in [-0.4, -0.2) is 42.7 Å². The van der Waals surface area contributed by atoms with Crippen molar-refractivity contribution in [3.8, 4) is 34.5 Å². The highest BCUT2D eigenvalue weighted by atomic mass is 16.5. The zero-order valence-electron chi connectivity index (χ0n) is 20.9. The first-order valence-electron chi connectivity index (χ1n) is 11.2. The van der Waals surface area contributed by atoms with Crippen LogP contribution in [0.2, 0.25) is 0 Å². The van der Waals surface area contributed by atoms with Crippen molar-refractivity contribution in [2.45, 2.75) is 25.7 Å². The van der Waals surface area contributed by atoms with Crippen LogP contribution in [0.3, 0.4) is 0 Å². The van der Waals surface area contributed by atoms with Crippen molar-refractivity contribution in [2.75, 3.05) is 42.7 Å². The van der Waals surface area contributed by atoms with Crippen LogP contribution in [0.5, 0.6) is 34.5 Å². The number of ether oxygens (including phenoxy) is 6. The molecule has 0 amide bonds. The molecule has 0 bridgehead atoms. The highest BCUT2D eigenvalue weighted by Gasteiger charge is 2.15. The molecule has 0 heterocycles. The first-order chi connectivity index (χ1) is 16.6. The van der Waals surface area contributed by atoms with E-state index < -0.39 is 0 Å². The number of aryl methyl sites for hydroxylation is 4. The zero-order chi connectivity index (χ0) is 24.5. The SMILES string of the molecule is COc1cc(CCc2ccccc2CCc2cc(OC)c(OC)c(OC)c2)cc(OC)c1OC. The molecule has 0 N–H and O–H groups in total. The second kappa shape index (κ2) is 12.1. The van der Waals surface area contributed by atoms with Gasteiger partial charge in [0.25, 0.3) is 0 Å². The fraction of sp³-hybridized carbons (Fsp3) is 0.357. The molecule has 0 aliphatic carbocycles. The normalized spacial score (nSPS) is 10.5. The number of hydrogen-bond donors (Lipinski definition) is 0. The largest absolute Gasteiger partial charge is 0.493 e. The van der Waals surface area contributed by atoms with Gasteiger partial charge in [0.1, 0.15) is 0 Å². The van der Waals surface area contributed by atoms with E-state index in [0.717, 1.165) is 36.8 Å². The molecule has 0 aliphatic rings. The summed E-state index contributed by atoms with van der Waals surface area (Å²) in [6.45, 7) is 0. The van der Waals surface area contributed by atoms with Gasteiger partial charge in [-0.2, -0.15) is 0 Å². The number of rotatable bonds is 12. The van der Waals surface area contributed by atoms with Crippen molar-refractivity contribution in [2.24, 2.45) is 0 Å². The maximum atomic E-state index is 5.50. The van der Waals surface area contributed by atoms with Gasteiger partial charge in [-0.3, -0.25) is 0 Å². The predicted octanol–water partition coefficient (Wildman–Crippen LogP) is 5.31. The van der Waals surface area contributed by atoms with E-state index in [-0.39, 0.29) is 0 Å². The molecule has 0 unspecified atom stereocenters. The second-order valence-corrected chi connectivity index (χ2v) is 7.84. The van der Waals surface area contributed by atoms with Crippen LogP contribution >= 0.6 is 0 Å². The van der Waals surface area contributed by atoms with Crippen molar-refractivity contribution >= 4 is 0 Å². The quantitative estimate of drug-likeness (QED) is 0.361. The smallest absolute Gasteiger partial charge is 0.203 e. The molecule has 3 aromatic carbocycles. The fourth-order valence-corrected chi connectivity index (χ4v) is 4.16. The Hall–Kier alpha value is -3.54. The van der Waals surface area contributed by atoms with Gasteiger partial charge in [-0.05, 0) is 72.2 Å². The first-order valence-corrected chi connectivity index (χ1v) is 11.2. The number of benzene rings is 3. The van der Waals surface area contributed by atoms with E-state index in [2.05, 4.69) is 24.3 Å². The average molecular weight is 467 g/mol. The molecule has 0 saturated carbocycles. The molecular weight excluding hydrogens is 432 g/mol. The third kappa shape index (κ3) is 5.68. The summed E-state index contributed by atoms with van der Waals surface area (Å²) < 4.78 is 32.9. The number of methoxy groups -OCH3 is 6. The zero-order valence-corrected chi connectivity index (χ0v) is 20.9. The summed E-state index contributed by atoms with van der Waals surface area (Å²) >= 11 is 0. The average Bonchev–Trinajstić information content (AvgIpc) is 2.89. The molecule has 34 heavy (non-hydrogen) atoms. The van der Waals surface area contributed by atoms with Crippen LogP contribution in [-0.2, 0) is 25.7 Å². The Morgan fingerprint density at radius 3 is 1.03 bits per heavy atom. The molecule has 0 aromatic heterocycles. The Bertz CT molecular complexity index is 955. The Labute approximate surface area is 202 Å². The van der Waals surface area contributed by atoms with Gasteiger partial charge in [-0.25, -0.2) is 0 Å². The summed E-state index contributed by atoms with van der Waals surface area (Å²) in [7, 11) is 9.78. The van der Waals surface area contributed by atoms with Crippen LogP contribution < -0.4 is 28.4 Å². The van der Waals surface area contributed by atoms with E-state index in [0.29, 0.717) is 34.5 Å². The third-order valence-corrected chi connectivity index (χ3v) is 5.93. The molecule has 0 aliphatic heterocycles. The van der Waals surface area contributed by atoms with Crippen molar-refractivity contribution in [1.82, 2.24) is 0 Å². The molecule has 3 aromatic rings. The minimum absolute atomic E-state index is 0.611. The van der Waals surface area contributed by atoms with E-state index in [1.807, 2.05) is 24.3 Å². The van der Waals surface area contributed by atoms with Crippen LogP contribution in [0.4, 0.5) is 0 Å². The Balaban J connectivity index is 1.76. The predicted molar refractivity (Wildman–Crippen MR) is 133 cm³/mol. The monoisotopic (exact) mass is 466 g/mol. The molecule has 182 valence electrons. The lowest BCUT2D eigenvalue weighted by Crippen LogP contribution is -2.02. The van der Waals surface area contributed by atoms with E-state index in [1.54, 1.807) is 42.7 Å². The van der Waals surface area contributed by atoms with Gasteiger partial charge < -0.3 is 28.4 Å². The highest BCUT2D eigenvalue weighted by Crippen LogP contribution is 2.39. The maximum Gasteiger partial charge on any atom is 0.203 e. The molecule has 0 radical (unpaired) electrons. The minimum Gasteiger partial charge on any atom is -0.493 e. The summed E-state index contributed by atoms with van der Waals surface area (Å²) in [5.41, 5.74) is 4.91. The highest BCUT2D eigenvalue weighted by molar-refractivity contribution is 5.55. The second-order valence-electron chi connectivity index (χ2n) is 7.84. The lowest BCUT2D eigenvalue weighted by atomic mass is 9.95. The van der Waals surface area contributed by atoms with Gasteiger partial charge in [0.05, 0.1) is 42.7 Å². The molecular formula is C28H34O6. The summed E-state index contributed by atoms with van der Waals surface area (Å²) in [6, 6.07) is 16.6. The van der Waals surface area contributed by atoms with Gasteiger partial charge in [0, 0.05) is 0 Å². The van der Waals surface area contributed by atoms with Crippen molar-refractivity contribution in [1.29, 1.82) is 0 Å². The molecule has 0 fully saturated rings. The topological polar surface area (TPSA) is 55.4 Å². The minimum atomic E-state index is 0.611. The molecule has 6 heteroatoms. The summed E-state index contributed by atoms with van der Waals surface area (Å²) in [4.78, 5) is 0. The first kappa shape index (κ1) is 25.1. The molecule has 0 saturated heterocycles. The van der Waals surface area contributed by atoms with Crippen LogP contribution in [0.1, 0.15) is 22.3 Å². The van der Waals surface area contributed by atoms with Gasteiger partial charge >= 0.3 is 0 Å². The summed E-state index contributed by atoms with van der Waals surface area (Å²) in [5, 5.41) is 0. The van der Waals surface area contributed by atoms with E-state index in [9.17, 15) is 0 Å². The maximum absolute atomic E-state index is 5.50. The van der Waals surface area contributed by atoms with Crippen LogP contribution in [0.25, 0.3) is 0 Å². The Morgan fingerprint density at radius 1 is 0.441 bits per heavy atom. The van der Waals surface area contributed by atoms with Crippen molar-refractivity contribution in [3.63, 3.8) is 0 Å². The van der Waals surface area contributed by atoms with Crippen LogP contribution in [0.15, 0.2) is 48.5 Å². The molecule has 0 atom stereocenters. The standard InChI is InChI=1S/C28H34O6/c1-29-23-15-19(16-24(30-2)27(23)33-5)11-13-21-9-7-8-10-22(21)14-12-20-17-25(31-3)28(34-6)26(18-20)32-4/h7-10,15-18H,11-14H2,1-6H3. The van der Waals surface area contributed by atoms with E-state index in [1.165, 1.54) is 11.1 Å². The van der Waals surface area contributed by atoms with E-state index >= 15 is 0 Å². The van der Waals surface area contributed by atoms with Gasteiger partial charge in [-0.15, -0.1) is 0 Å². The molecule has 6 nitrogen and oxygen atoms in total. The van der Waals surface area contributed by atoms with E-state index in [4.69, 9.17) is 28.4 Å². The molecule has 0 spiro atoms. The van der Waals surface area contributed by atoms with Gasteiger partial charge in [0.15, 0.2) is 23.0 Å². The summed E-state index contributed by atoms with van der Waals surface area (Å²) in [6.07, 6.45) is 3.53. The lowest BCUT2D eigenvalue weighted by molar-refractivity contribution is 0.323. The van der Waals surface area contributed by atoms with Gasteiger partial charge in [0.2, 0.25) is 11.5 Å². The molecule has 3 rings (SSSR count). The van der Waals surface area contributed by atoms with Gasteiger partial charge in [-0.1, -0.05) is 24.3 Å². The number of hydrogen-bond acceptors (Lipinski definition) is 6. The Kier molecular flexibility index (Phi) is 8.91. The fourth-order valence-electron chi connectivity index (χ4n) is 4.16. The van der Waals surface area contributed by atoms with Crippen molar-refractivity contribution in [3.05, 3.63) is 70.8 Å². The van der Waals surface area contributed by atoms with Crippen LogP contribution in [0, 0.1) is 0 Å².